The van der Waals surface area contributed by atoms with Gasteiger partial charge < -0.3 is 50.2 Å². The van der Waals surface area contributed by atoms with Crippen molar-refractivity contribution in [3.63, 3.8) is 0 Å². The first kappa shape index (κ1) is 31.4. The van der Waals surface area contributed by atoms with Gasteiger partial charge in [-0.05, 0) is 6.07 Å². The fourth-order valence-electron chi connectivity index (χ4n) is 5.56. The van der Waals surface area contributed by atoms with Crippen molar-refractivity contribution in [2.24, 2.45) is 0 Å². The maximum absolute atomic E-state index is 13.3. The van der Waals surface area contributed by atoms with Crippen LogP contribution in [0, 0.1) is 0 Å². The van der Waals surface area contributed by atoms with Crippen LogP contribution in [0.3, 0.4) is 0 Å². The Bertz CT molecular complexity index is 1860. The smallest absolute Gasteiger partial charge is 0.397 e. The number of hydrogen-bond acceptors (Lipinski definition) is 17. The zero-order valence-corrected chi connectivity index (χ0v) is 25.4. The molecule has 0 aromatic carbocycles. The zero-order chi connectivity index (χ0) is 32.4. The average Bonchev–Trinajstić information content (AvgIpc) is 3.77. The summed E-state index contributed by atoms with van der Waals surface area (Å²) < 4.78 is 62.6. The quantitative estimate of drug-likeness (QED) is 0.139. The number of phosphoric ester groups is 1. The molecule has 10 atom stereocenters. The van der Waals surface area contributed by atoms with Crippen molar-refractivity contribution in [3.8, 4) is 0 Å². The highest BCUT2D eigenvalue weighted by Crippen LogP contribution is 2.51. The second kappa shape index (κ2) is 11.8. The molecular formula is C23H29N9O12P2. The van der Waals surface area contributed by atoms with Crippen LogP contribution in [0.2, 0.25) is 0 Å². The molecule has 4 unspecified atom stereocenters. The predicted molar refractivity (Wildman–Crippen MR) is 153 cm³/mol. The number of fused-ring (bicyclic) bond motifs is 6. The predicted octanol–water partition coefficient (Wildman–Crippen LogP) is -0.945. The molecule has 23 heteroatoms. The van der Waals surface area contributed by atoms with Crippen molar-refractivity contribution < 1.29 is 56.9 Å². The Morgan fingerprint density at radius 1 is 0.826 bits per heavy atom. The van der Waals surface area contributed by atoms with Crippen molar-refractivity contribution in [2.75, 3.05) is 37.4 Å². The van der Waals surface area contributed by atoms with Gasteiger partial charge in [-0.3, -0.25) is 22.7 Å². The third-order valence-corrected chi connectivity index (χ3v) is 10.1. The Morgan fingerprint density at radius 2 is 1.46 bits per heavy atom. The number of hydrogen-bond donors (Lipinski definition) is 6. The van der Waals surface area contributed by atoms with E-state index in [9.17, 15) is 29.1 Å². The first-order valence-corrected chi connectivity index (χ1v) is 17.1. The Kier molecular flexibility index (Phi) is 8.07. The van der Waals surface area contributed by atoms with E-state index in [0.29, 0.717) is 16.9 Å². The van der Waals surface area contributed by atoms with Crippen molar-refractivity contribution >= 4 is 49.3 Å². The Hall–Kier alpha value is -3.17. The lowest BCUT2D eigenvalue weighted by molar-refractivity contribution is -0.0711. The molecule has 0 radical (unpaired) electrons. The molecule has 0 saturated carbocycles. The molecule has 4 aromatic heterocycles. The number of aliphatic hydroxyl groups excluding tert-OH is 2. The molecule has 248 valence electrons. The van der Waals surface area contributed by atoms with Crippen LogP contribution < -0.4 is 11.5 Å². The third-order valence-electron chi connectivity index (χ3n) is 7.83. The molecule has 3 aliphatic heterocycles. The number of phosphoric acid groups is 1. The number of anilines is 2. The summed E-state index contributed by atoms with van der Waals surface area (Å²) in [5, 5.41) is 22.3. The number of nitrogens with two attached hydrogens (primary N) is 2. The molecular weight excluding hydrogens is 656 g/mol. The highest BCUT2D eigenvalue weighted by atomic mass is 31.2. The maximum Gasteiger partial charge on any atom is 0.472 e. The maximum atomic E-state index is 13.3. The van der Waals surface area contributed by atoms with Crippen LogP contribution in [0.5, 0.6) is 0 Å². The van der Waals surface area contributed by atoms with Gasteiger partial charge in [0.15, 0.2) is 29.6 Å². The van der Waals surface area contributed by atoms with Crippen LogP contribution in [-0.4, -0.2) is 117 Å². The molecule has 3 saturated heterocycles. The van der Waals surface area contributed by atoms with E-state index in [1.165, 1.54) is 28.0 Å². The minimum Gasteiger partial charge on any atom is -0.397 e. The highest BCUT2D eigenvalue weighted by molar-refractivity contribution is 7.52. The van der Waals surface area contributed by atoms with Gasteiger partial charge in [-0.25, -0.2) is 29.5 Å². The molecule has 0 aliphatic carbocycles. The lowest BCUT2D eigenvalue weighted by Gasteiger charge is -2.25. The van der Waals surface area contributed by atoms with Crippen LogP contribution in [0.4, 0.5) is 11.5 Å². The van der Waals surface area contributed by atoms with Gasteiger partial charge in [0.2, 0.25) is 0 Å². The van der Waals surface area contributed by atoms with Crippen molar-refractivity contribution in [3.05, 3.63) is 31.2 Å². The zero-order valence-electron chi connectivity index (χ0n) is 23.6. The van der Waals surface area contributed by atoms with Crippen LogP contribution in [0.25, 0.3) is 22.3 Å². The number of aliphatic hydroxyl groups is 2. The fraction of sp³-hybridized carbons (Fsp3) is 0.522. The van der Waals surface area contributed by atoms with E-state index in [1.807, 2.05) is 0 Å². The summed E-state index contributed by atoms with van der Waals surface area (Å²) in [4.78, 5) is 42.0. The number of imidazole rings is 2. The Balaban J connectivity index is 1.20. The summed E-state index contributed by atoms with van der Waals surface area (Å²) in [5.41, 5.74) is 13.2. The minimum absolute atomic E-state index is 0.0411. The molecule has 3 fully saturated rings. The van der Waals surface area contributed by atoms with E-state index in [2.05, 4.69) is 24.9 Å². The largest absolute Gasteiger partial charge is 0.472 e. The van der Waals surface area contributed by atoms with Gasteiger partial charge >= 0.3 is 15.4 Å². The molecule has 46 heavy (non-hydrogen) atoms. The fourth-order valence-corrected chi connectivity index (χ4v) is 7.34. The van der Waals surface area contributed by atoms with Gasteiger partial charge in [0.25, 0.3) is 0 Å². The van der Waals surface area contributed by atoms with Gasteiger partial charge in [0.05, 0.1) is 44.3 Å². The number of nitrogens with zero attached hydrogens (tertiary/aromatic N) is 7. The minimum atomic E-state index is -5.04. The van der Waals surface area contributed by atoms with Crippen LogP contribution in [0.1, 0.15) is 12.5 Å². The summed E-state index contributed by atoms with van der Waals surface area (Å²) in [7, 11) is -9.41. The van der Waals surface area contributed by atoms with Gasteiger partial charge in [-0.2, -0.15) is 0 Å². The Labute approximate surface area is 258 Å². The van der Waals surface area contributed by atoms with Crippen molar-refractivity contribution in [1.82, 2.24) is 34.1 Å². The van der Waals surface area contributed by atoms with Crippen molar-refractivity contribution in [2.45, 2.75) is 49.1 Å². The standard InChI is InChI=1S/C23H29N9O12P2/c24-10-1-2-26-20-13(10)29-8-31(20)22-17-15(33)12(42-22)6-41-46(37,38)44-18-16(34)11(5-40-45(35,36)4-3-39-17)43-23(18)32-9-30-14-19(25)27-7-28-21(14)32/h1-2,7-9,11-12,15-18,22-23,33-34H,3-6H2,(H2,24,26)(H,35,36)(H,37,38)(H2,25,27,28)/t11-,12-,15?,16?,17-,18+,22-,23-/m1/s1. The van der Waals surface area contributed by atoms with E-state index >= 15 is 0 Å². The first-order chi connectivity index (χ1) is 21.9. The second-order valence-electron chi connectivity index (χ2n) is 10.7. The third kappa shape index (κ3) is 5.68. The molecule has 7 heterocycles. The van der Waals surface area contributed by atoms with Gasteiger partial charge in [-0.1, -0.05) is 0 Å². The second-order valence-corrected chi connectivity index (χ2v) is 14.1. The van der Waals surface area contributed by atoms with E-state index in [-0.39, 0.29) is 23.6 Å². The number of rotatable bonds is 2. The molecule has 8 N–H and O–H groups in total. The van der Waals surface area contributed by atoms with E-state index < -0.39 is 83.9 Å². The summed E-state index contributed by atoms with van der Waals surface area (Å²) in [5.74, 6) is 0.0411. The number of aromatic nitrogens is 7. The van der Waals surface area contributed by atoms with Gasteiger partial charge in [0, 0.05) is 6.20 Å². The van der Waals surface area contributed by atoms with Crippen molar-refractivity contribution in [1.29, 1.82) is 0 Å². The van der Waals surface area contributed by atoms with E-state index in [1.54, 1.807) is 6.07 Å². The molecule has 0 amide bonds. The molecule has 7 rings (SSSR count). The molecule has 4 bridgehead atoms. The molecule has 3 aliphatic rings. The summed E-state index contributed by atoms with van der Waals surface area (Å²) in [6.07, 6.45) is -6.30. The van der Waals surface area contributed by atoms with Gasteiger partial charge in [0.1, 0.15) is 54.0 Å². The monoisotopic (exact) mass is 685 g/mol. The van der Waals surface area contributed by atoms with Crippen LogP contribution in [0.15, 0.2) is 31.2 Å². The first-order valence-electron chi connectivity index (χ1n) is 13.8. The normalized spacial score (nSPS) is 37.7. The van der Waals surface area contributed by atoms with E-state index in [0.717, 1.165) is 6.33 Å². The van der Waals surface area contributed by atoms with Crippen LogP contribution in [-0.2, 0) is 36.9 Å². The number of ether oxygens (including phenoxy) is 3. The average molecular weight is 685 g/mol. The topological polar surface area (TPSA) is 297 Å². The summed E-state index contributed by atoms with van der Waals surface area (Å²) in [6.45, 7) is -1.68. The van der Waals surface area contributed by atoms with Crippen LogP contribution >= 0.6 is 15.4 Å². The SMILES string of the molecule is Nc1ccnc2c1ncn2[C@@H]1O[C@@H]2COP(=O)(O)O[C@H]3C(O)[C@@H](COP(=O)(O)CCO[C@@H]1C2O)O[C@H]3n1cnc2c(N)ncnc21. The Morgan fingerprint density at radius 3 is 2.20 bits per heavy atom. The van der Waals surface area contributed by atoms with E-state index in [4.69, 9.17) is 39.2 Å². The lowest BCUT2D eigenvalue weighted by Crippen LogP contribution is -2.37. The lowest BCUT2D eigenvalue weighted by atomic mass is 10.1. The number of pyridine rings is 1. The van der Waals surface area contributed by atoms with Gasteiger partial charge in [-0.15, -0.1) is 0 Å². The summed E-state index contributed by atoms with van der Waals surface area (Å²) in [6, 6.07) is 1.55. The number of nitrogen functional groups attached to an aromatic ring is 2. The molecule has 4 aromatic rings. The molecule has 0 spiro atoms. The highest BCUT2D eigenvalue weighted by Gasteiger charge is 2.52. The molecule has 21 nitrogen and oxygen atoms in total. The summed E-state index contributed by atoms with van der Waals surface area (Å²) >= 11 is 0.